The number of rotatable bonds is 6. The monoisotopic (exact) mass is 270 g/mol. The summed E-state index contributed by atoms with van der Waals surface area (Å²) in [7, 11) is 0. The van der Waals surface area contributed by atoms with Crippen molar-refractivity contribution in [3.05, 3.63) is 0 Å². The lowest BCUT2D eigenvalue weighted by Crippen LogP contribution is -2.45. The minimum atomic E-state index is -0.394. The van der Waals surface area contributed by atoms with E-state index in [1.807, 2.05) is 11.8 Å². The summed E-state index contributed by atoms with van der Waals surface area (Å²) >= 11 is 0. The summed E-state index contributed by atoms with van der Waals surface area (Å²) in [5, 5.41) is 12.0. The van der Waals surface area contributed by atoms with Crippen LogP contribution in [0.1, 0.15) is 46.0 Å². The molecule has 0 radical (unpaired) electrons. The SMILES string of the molecule is CCCC(=O)N1CCC[C@H](C(=O)NCC[C@H](C)O)C1. The molecule has 5 nitrogen and oxygen atoms in total. The number of aliphatic hydroxyl groups is 1. The molecule has 1 aliphatic heterocycles. The minimum absolute atomic E-state index is 0.00893. The fourth-order valence-corrected chi connectivity index (χ4v) is 2.34. The third-order valence-corrected chi connectivity index (χ3v) is 3.47. The Morgan fingerprint density at radius 2 is 2.21 bits per heavy atom. The van der Waals surface area contributed by atoms with Crippen LogP contribution in [0.4, 0.5) is 0 Å². The number of carbonyl (C=O) groups is 2. The van der Waals surface area contributed by atoms with Crippen molar-refractivity contribution in [1.82, 2.24) is 10.2 Å². The zero-order chi connectivity index (χ0) is 14.3. The Hall–Kier alpha value is -1.10. The predicted molar refractivity (Wildman–Crippen MR) is 73.5 cm³/mol. The van der Waals surface area contributed by atoms with E-state index in [1.165, 1.54) is 0 Å². The molecule has 110 valence electrons. The lowest BCUT2D eigenvalue weighted by molar-refractivity contribution is -0.135. The molecule has 1 rings (SSSR count). The molecule has 1 heterocycles. The number of amides is 2. The van der Waals surface area contributed by atoms with Crippen LogP contribution in [0.5, 0.6) is 0 Å². The van der Waals surface area contributed by atoms with E-state index in [0.717, 1.165) is 25.8 Å². The first-order valence-corrected chi connectivity index (χ1v) is 7.28. The number of hydrogen-bond acceptors (Lipinski definition) is 3. The molecular weight excluding hydrogens is 244 g/mol. The predicted octanol–water partition coefficient (Wildman–Crippen LogP) is 0.912. The van der Waals surface area contributed by atoms with Crippen LogP contribution >= 0.6 is 0 Å². The molecule has 1 fully saturated rings. The molecule has 0 aromatic carbocycles. The molecule has 5 heteroatoms. The molecule has 0 saturated carbocycles. The van der Waals surface area contributed by atoms with E-state index in [-0.39, 0.29) is 17.7 Å². The summed E-state index contributed by atoms with van der Waals surface area (Å²) in [6.45, 7) is 5.51. The van der Waals surface area contributed by atoms with Crippen LogP contribution in [-0.2, 0) is 9.59 Å². The first-order chi connectivity index (χ1) is 9.04. The molecule has 0 aliphatic carbocycles. The molecule has 2 amide bonds. The Bertz CT molecular complexity index is 305. The first-order valence-electron chi connectivity index (χ1n) is 7.28. The molecule has 19 heavy (non-hydrogen) atoms. The molecule has 0 spiro atoms. The van der Waals surface area contributed by atoms with Gasteiger partial charge in [0, 0.05) is 26.1 Å². The van der Waals surface area contributed by atoms with Gasteiger partial charge in [0.15, 0.2) is 0 Å². The average Bonchev–Trinajstić information content (AvgIpc) is 2.38. The first kappa shape index (κ1) is 16.0. The number of likely N-dealkylation sites (tertiary alicyclic amines) is 1. The summed E-state index contributed by atoms with van der Waals surface area (Å²) in [6, 6.07) is 0. The number of nitrogens with zero attached hydrogens (tertiary/aromatic N) is 1. The van der Waals surface area contributed by atoms with Crippen LogP contribution in [-0.4, -0.2) is 47.6 Å². The molecule has 0 aromatic heterocycles. The molecular formula is C14H26N2O3. The third kappa shape index (κ3) is 5.59. The van der Waals surface area contributed by atoms with E-state index in [1.54, 1.807) is 6.92 Å². The van der Waals surface area contributed by atoms with Crippen molar-refractivity contribution < 1.29 is 14.7 Å². The summed E-state index contributed by atoms with van der Waals surface area (Å²) in [5.41, 5.74) is 0. The van der Waals surface area contributed by atoms with Gasteiger partial charge >= 0.3 is 0 Å². The highest BCUT2D eigenvalue weighted by molar-refractivity contribution is 5.81. The third-order valence-electron chi connectivity index (χ3n) is 3.47. The average molecular weight is 270 g/mol. The Labute approximate surface area is 115 Å². The van der Waals surface area contributed by atoms with E-state index < -0.39 is 6.10 Å². The van der Waals surface area contributed by atoms with Gasteiger partial charge in [-0.1, -0.05) is 6.92 Å². The Balaban J connectivity index is 2.37. The zero-order valence-corrected chi connectivity index (χ0v) is 12.0. The van der Waals surface area contributed by atoms with Gasteiger partial charge in [0.2, 0.25) is 11.8 Å². The fraction of sp³-hybridized carbons (Fsp3) is 0.857. The van der Waals surface area contributed by atoms with Gasteiger partial charge in [-0.25, -0.2) is 0 Å². The number of nitrogens with one attached hydrogen (secondary N) is 1. The largest absolute Gasteiger partial charge is 0.393 e. The fourth-order valence-electron chi connectivity index (χ4n) is 2.34. The van der Waals surface area contributed by atoms with Crippen LogP contribution < -0.4 is 5.32 Å². The lowest BCUT2D eigenvalue weighted by Gasteiger charge is -2.32. The Kier molecular flexibility index (Phi) is 6.84. The molecule has 1 aliphatic rings. The van der Waals surface area contributed by atoms with Gasteiger partial charge < -0.3 is 15.3 Å². The zero-order valence-electron chi connectivity index (χ0n) is 12.0. The normalized spacial score (nSPS) is 21.0. The number of piperidine rings is 1. The van der Waals surface area contributed by atoms with Crippen LogP contribution in [0.25, 0.3) is 0 Å². The smallest absolute Gasteiger partial charge is 0.224 e. The molecule has 0 unspecified atom stereocenters. The second kappa shape index (κ2) is 8.15. The maximum absolute atomic E-state index is 12.0. The van der Waals surface area contributed by atoms with Crippen molar-refractivity contribution >= 4 is 11.8 Å². The van der Waals surface area contributed by atoms with E-state index in [2.05, 4.69) is 5.32 Å². The van der Waals surface area contributed by atoms with Crippen LogP contribution in [0, 0.1) is 5.92 Å². The van der Waals surface area contributed by atoms with Gasteiger partial charge in [0.1, 0.15) is 0 Å². The van der Waals surface area contributed by atoms with E-state index in [0.29, 0.717) is 25.9 Å². The van der Waals surface area contributed by atoms with Gasteiger partial charge in [0.25, 0.3) is 0 Å². The number of carbonyl (C=O) groups excluding carboxylic acids is 2. The number of aliphatic hydroxyl groups excluding tert-OH is 1. The molecule has 0 bridgehead atoms. The Morgan fingerprint density at radius 3 is 2.84 bits per heavy atom. The molecule has 2 atom stereocenters. The summed E-state index contributed by atoms with van der Waals surface area (Å²) in [5.74, 6) is 0.0715. The van der Waals surface area contributed by atoms with Crippen molar-refractivity contribution in [2.45, 2.75) is 52.1 Å². The topological polar surface area (TPSA) is 69.6 Å². The quantitative estimate of drug-likeness (QED) is 0.754. The van der Waals surface area contributed by atoms with E-state index >= 15 is 0 Å². The van der Waals surface area contributed by atoms with E-state index in [4.69, 9.17) is 5.11 Å². The minimum Gasteiger partial charge on any atom is -0.393 e. The van der Waals surface area contributed by atoms with E-state index in [9.17, 15) is 9.59 Å². The lowest BCUT2D eigenvalue weighted by atomic mass is 9.96. The second-order valence-corrected chi connectivity index (χ2v) is 5.36. The van der Waals surface area contributed by atoms with Crippen molar-refractivity contribution in [3.8, 4) is 0 Å². The summed E-state index contributed by atoms with van der Waals surface area (Å²) in [6.07, 6.45) is 3.32. The Morgan fingerprint density at radius 1 is 1.47 bits per heavy atom. The van der Waals surface area contributed by atoms with Crippen LogP contribution in [0.15, 0.2) is 0 Å². The highest BCUT2D eigenvalue weighted by Crippen LogP contribution is 2.17. The molecule has 2 N–H and O–H groups in total. The van der Waals surface area contributed by atoms with Crippen LogP contribution in [0.3, 0.4) is 0 Å². The van der Waals surface area contributed by atoms with Crippen molar-refractivity contribution in [2.24, 2.45) is 5.92 Å². The standard InChI is InChI=1S/C14H26N2O3/c1-3-5-13(18)16-9-4-6-12(10-16)14(19)15-8-7-11(2)17/h11-12,17H,3-10H2,1-2H3,(H,15,19)/t11-,12-/m0/s1. The van der Waals surface area contributed by atoms with Crippen molar-refractivity contribution in [2.75, 3.05) is 19.6 Å². The van der Waals surface area contributed by atoms with Gasteiger partial charge in [-0.3, -0.25) is 9.59 Å². The maximum atomic E-state index is 12.0. The van der Waals surface area contributed by atoms with Gasteiger partial charge in [-0.15, -0.1) is 0 Å². The van der Waals surface area contributed by atoms with Crippen LogP contribution in [0.2, 0.25) is 0 Å². The highest BCUT2D eigenvalue weighted by Gasteiger charge is 2.27. The molecule has 0 aromatic rings. The van der Waals surface area contributed by atoms with Crippen molar-refractivity contribution in [3.63, 3.8) is 0 Å². The summed E-state index contributed by atoms with van der Waals surface area (Å²) in [4.78, 5) is 25.6. The highest BCUT2D eigenvalue weighted by atomic mass is 16.3. The second-order valence-electron chi connectivity index (χ2n) is 5.36. The van der Waals surface area contributed by atoms with Gasteiger partial charge in [-0.2, -0.15) is 0 Å². The molecule has 1 saturated heterocycles. The van der Waals surface area contributed by atoms with Crippen molar-refractivity contribution in [1.29, 1.82) is 0 Å². The van der Waals surface area contributed by atoms with Gasteiger partial charge in [-0.05, 0) is 32.6 Å². The number of hydrogen-bond donors (Lipinski definition) is 2. The maximum Gasteiger partial charge on any atom is 0.224 e. The summed E-state index contributed by atoms with van der Waals surface area (Å²) < 4.78 is 0. The van der Waals surface area contributed by atoms with Gasteiger partial charge in [0.05, 0.1) is 12.0 Å².